The molecule has 0 radical (unpaired) electrons. The molecule has 0 aliphatic carbocycles. The molecule has 29 heavy (non-hydrogen) atoms. The molecule has 0 saturated carbocycles. The Hall–Kier alpha value is -1.80. The number of aryl methyl sites for hydroxylation is 1. The number of aliphatic hydroxyl groups excluding tert-OH is 1. The Morgan fingerprint density at radius 3 is 2.38 bits per heavy atom. The summed E-state index contributed by atoms with van der Waals surface area (Å²) in [5.74, 6) is 1.59. The van der Waals surface area contributed by atoms with E-state index in [0.29, 0.717) is 19.0 Å². The van der Waals surface area contributed by atoms with Gasteiger partial charge < -0.3 is 20.5 Å². The molecule has 2 aromatic carbocycles. The highest BCUT2D eigenvalue weighted by atomic mass is 127. The van der Waals surface area contributed by atoms with E-state index in [4.69, 9.17) is 4.74 Å². The van der Waals surface area contributed by atoms with Gasteiger partial charge in [0, 0.05) is 31.6 Å². The Labute approximate surface area is 192 Å². The maximum atomic E-state index is 9.73. The van der Waals surface area contributed by atoms with Crippen LogP contribution in [0.4, 0.5) is 0 Å². The Morgan fingerprint density at radius 1 is 1.10 bits per heavy atom. The van der Waals surface area contributed by atoms with Crippen LogP contribution in [0.5, 0.6) is 5.75 Å². The van der Waals surface area contributed by atoms with Crippen LogP contribution in [0.1, 0.15) is 43.4 Å². The Bertz CT molecular complexity index is 773. The van der Waals surface area contributed by atoms with Crippen LogP contribution in [0.15, 0.2) is 53.5 Å². The van der Waals surface area contributed by atoms with E-state index in [1.807, 2.05) is 51.1 Å². The van der Waals surface area contributed by atoms with Crippen molar-refractivity contribution < 1.29 is 9.84 Å². The fourth-order valence-corrected chi connectivity index (χ4v) is 2.87. The van der Waals surface area contributed by atoms with Gasteiger partial charge in [-0.05, 0) is 44.9 Å². The molecule has 0 aliphatic heterocycles. The normalized spacial score (nSPS) is 12.7. The molecule has 0 aromatic heterocycles. The zero-order chi connectivity index (χ0) is 20.6. The quantitative estimate of drug-likeness (QED) is 0.296. The minimum absolute atomic E-state index is 0. The summed E-state index contributed by atoms with van der Waals surface area (Å²) in [5.41, 5.74) is 3.09. The van der Waals surface area contributed by atoms with E-state index in [1.165, 1.54) is 5.56 Å². The number of aliphatic imine (C=N–C) groups is 1. The minimum atomic E-state index is -0.257. The zero-order valence-electron chi connectivity index (χ0n) is 18.0. The first-order chi connectivity index (χ1) is 13.3. The van der Waals surface area contributed by atoms with E-state index in [1.54, 1.807) is 7.05 Å². The van der Waals surface area contributed by atoms with Crippen LogP contribution >= 0.6 is 24.0 Å². The topological polar surface area (TPSA) is 65.9 Å². The molecule has 0 aliphatic rings. The molecule has 0 bridgehead atoms. The number of hydrogen-bond acceptors (Lipinski definition) is 3. The van der Waals surface area contributed by atoms with E-state index < -0.39 is 0 Å². The van der Waals surface area contributed by atoms with E-state index in [-0.39, 0.29) is 42.1 Å². The molecule has 1 unspecified atom stereocenters. The largest absolute Gasteiger partial charge is 0.488 e. The van der Waals surface area contributed by atoms with Crippen molar-refractivity contribution in [1.82, 2.24) is 10.6 Å². The van der Waals surface area contributed by atoms with Crippen LogP contribution in [0, 0.1) is 6.92 Å². The molecule has 2 aromatic rings. The summed E-state index contributed by atoms with van der Waals surface area (Å²) in [6.07, 6.45) is 0. The smallest absolute Gasteiger partial charge is 0.191 e. The zero-order valence-corrected chi connectivity index (χ0v) is 20.4. The van der Waals surface area contributed by atoms with Crippen LogP contribution in [0.25, 0.3) is 0 Å². The molecule has 0 amide bonds. The molecule has 2 rings (SSSR count). The van der Waals surface area contributed by atoms with Gasteiger partial charge in [-0.25, -0.2) is 0 Å². The highest BCUT2D eigenvalue weighted by Crippen LogP contribution is 2.24. The Balaban J connectivity index is 0.00000420. The molecule has 6 heteroatoms. The number of guanidine groups is 1. The van der Waals surface area contributed by atoms with Crippen molar-refractivity contribution in [2.75, 3.05) is 20.2 Å². The van der Waals surface area contributed by atoms with Gasteiger partial charge in [0.1, 0.15) is 11.4 Å². The van der Waals surface area contributed by atoms with Crippen molar-refractivity contribution in [3.05, 3.63) is 65.2 Å². The Morgan fingerprint density at radius 2 is 1.79 bits per heavy atom. The van der Waals surface area contributed by atoms with Crippen molar-refractivity contribution in [2.45, 2.75) is 45.8 Å². The molecule has 3 N–H and O–H groups in total. The van der Waals surface area contributed by atoms with Crippen molar-refractivity contribution in [3.63, 3.8) is 0 Å². The number of benzene rings is 2. The highest BCUT2D eigenvalue weighted by Gasteiger charge is 2.15. The van der Waals surface area contributed by atoms with E-state index >= 15 is 0 Å². The second-order valence-corrected chi connectivity index (χ2v) is 7.92. The molecular formula is C23H34IN3O2. The lowest BCUT2D eigenvalue weighted by molar-refractivity contribution is 0.129. The second kappa shape index (κ2) is 12.0. The summed E-state index contributed by atoms with van der Waals surface area (Å²) in [6, 6.07) is 16.2. The maximum absolute atomic E-state index is 9.73. The van der Waals surface area contributed by atoms with Crippen LogP contribution in [-0.2, 0) is 6.54 Å². The van der Waals surface area contributed by atoms with Crippen molar-refractivity contribution in [3.8, 4) is 5.75 Å². The van der Waals surface area contributed by atoms with Crippen molar-refractivity contribution in [1.29, 1.82) is 0 Å². The Kier molecular flexibility index (Phi) is 10.5. The second-order valence-electron chi connectivity index (χ2n) is 7.92. The van der Waals surface area contributed by atoms with Crippen molar-refractivity contribution in [2.24, 2.45) is 4.99 Å². The molecule has 0 heterocycles. The monoisotopic (exact) mass is 511 g/mol. The lowest BCUT2D eigenvalue weighted by Crippen LogP contribution is -2.39. The number of nitrogens with zero attached hydrogens (tertiary/aromatic N) is 1. The lowest BCUT2D eigenvalue weighted by Gasteiger charge is -2.24. The summed E-state index contributed by atoms with van der Waals surface area (Å²) in [4.78, 5) is 4.30. The van der Waals surface area contributed by atoms with Crippen LogP contribution < -0.4 is 15.4 Å². The van der Waals surface area contributed by atoms with E-state index in [2.05, 4.69) is 40.7 Å². The summed E-state index contributed by atoms with van der Waals surface area (Å²) < 4.78 is 6.12. The maximum Gasteiger partial charge on any atom is 0.191 e. The van der Waals surface area contributed by atoms with Crippen LogP contribution in [-0.4, -0.2) is 36.9 Å². The third-order valence-corrected chi connectivity index (χ3v) is 4.32. The highest BCUT2D eigenvalue weighted by molar-refractivity contribution is 14.0. The minimum Gasteiger partial charge on any atom is -0.488 e. The number of aliphatic hydroxyl groups is 1. The summed E-state index contributed by atoms with van der Waals surface area (Å²) in [7, 11) is 1.74. The van der Waals surface area contributed by atoms with Crippen LogP contribution in [0.2, 0.25) is 0 Å². The van der Waals surface area contributed by atoms with Gasteiger partial charge in [0.25, 0.3) is 0 Å². The summed E-state index contributed by atoms with van der Waals surface area (Å²) >= 11 is 0. The van der Waals surface area contributed by atoms with Crippen LogP contribution in [0.3, 0.4) is 0 Å². The van der Waals surface area contributed by atoms with Gasteiger partial charge in [-0.2, -0.15) is 0 Å². The molecule has 0 spiro atoms. The number of nitrogens with one attached hydrogen (secondary N) is 2. The van der Waals surface area contributed by atoms with Gasteiger partial charge in [0.15, 0.2) is 5.96 Å². The average Bonchev–Trinajstić information content (AvgIpc) is 2.65. The predicted octanol–water partition coefficient (Wildman–Crippen LogP) is 4.23. The summed E-state index contributed by atoms with van der Waals surface area (Å²) in [5, 5.41) is 16.4. The van der Waals surface area contributed by atoms with Gasteiger partial charge in [0.2, 0.25) is 0 Å². The fourth-order valence-electron chi connectivity index (χ4n) is 2.87. The third-order valence-electron chi connectivity index (χ3n) is 4.32. The van der Waals surface area contributed by atoms with Gasteiger partial charge in [-0.15, -0.1) is 24.0 Å². The standard InChI is InChI=1S/C23H33N3O2.HI/c1-17-11-12-19(21(13-17)28-23(2,3)4)14-25-22(24-5)26-15-20(16-27)18-9-7-6-8-10-18;/h6-13,20,27H,14-16H2,1-5H3,(H2,24,25,26);1H. The van der Waals surface area contributed by atoms with Gasteiger partial charge in [0.05, 0.1) is 6.61 Å². The van der Waals surface area contributed by atoms with Gasteiger partial charge >= 0.3 is 0 Å². The van der Waals surface area contributed by atoms with E-state index in [0.717, 1.165) is 16.9 Å². The first kappa shape index (κ1) is 25.2. The fraction of sp³-hybridized carbons (Fsp3) is 0.435. The van der Waals surface area contributed by atoms with E-state index in [9.17, 15) is 5.11 Å². The molecular weight excluding hydrogens is 477 g/mol. The first-order valence-electron chi connectivity index (χ1n) is 9.71. The molecule has 160 valence electrons. The average molecular weight is 511 g/mol. The summed E-state index contributed by atoms with van der Waals surface area (Å²) in [6.45, 7) is 9.48. The number of rotatable bonds is 7. The SMILES string of the molecule is CN=C(NCc1ccc(C)cc1OC(C)(C)C)NCC(CO)c1ccccc1.I. The number of halogens is 1. The first-order valence-corrected chi connectivity index (χ1v) is 9.71. The molecule has 5 nitrogen and oxygen atoms in total. The van der Waals surface area contributed by atoms with Crippen molar-refractivity contribution >= 4 is 29.9 Å². The predicted molar refractivity (Wildman–Crippen MR) is 131 cm³/mol. The third kappa shape index (κ3) is 8.62. The molecule has 1 atom stereocenters. The molecule has 0 saturated heterocycles. The number of ether oxygens (including phenoxy) is 1. The number of hydrogen-bond donors (Lipinski definition) is 3. The van der Waals surface area contributed by atoms with Gasteiger partial charge in [-0.1, -0.05) is 42.5 Å². The molecule has 0 fully saturated rings. The lowest BCUT2D eigenvalue weighted by atomic mass is 10.0. The van der Waals surface area contributed by atoms with Gasteiger partial charge in [-0.3, -0.25) is 4.99 Å².